The van der Waals surface area contributed by atoms with Crippen molar-refractivity contribution in [3.05, 3.63) is 29.6 Å². The molecular formula is C7H6BFO2. The van der Waals surface area contributed by atoms with Crippen LogP contribution in [0.5, 0.6) is 0 Å². The molecule has 1 aromatic carbocycles. The Morgan fingerprint density at radius 2 is 2.18 bits per heavy atom. The van der Waals surface area contributed by atoms with E-state index in [0.29, 0.717) is 5.46 Å². The van der Waals surface area contributed by atoms with Crippen LogP contribution >= 0.6 is 0 Å². The molecule has 0 atom stereocenters. The topological polar surface area (TPSA) is 37.3 Å². The smallest absolute Gasteiger partial charge is 0.335 e. The van der Waals surface area contributed by atoms with Crippen LogP contribution in [0, 0.1) is 5.82 Å². The number of hydrogen-bond donors (Lipinski definition) is 1. The first-order valence-corrected chi connectivity index (χ1v) is 3.10. The fraction of sp³-hybridized carbons (Fsp3) is 0. The molecular weight excluding hydrogens is 146 g/mol. The lowest BCUT2D eigenvalue weighted by atomic mass is 9.91. The average Bonchev–Trinajstić information content (AvgIpc) is 1.94. The van der Waals surface area contributed by atoms with Gasteiger partial charge in [0.05, 0.1) is 5.56 Å². The van der Waals surface area contributed by atoms with Crippen LogP contribution in [0.4, 0.5) is 4.39 Å². The number of halogens is 1. The second-order valence-corrected chi connectivity index (χ2v) is 2.26. The number of carboxylic acids is 1. The SMILES string of the molecule is Bc1ccc(F)cc1C(=O)O. The van der Waals surface area contributed by atoms with Crippen molar-refractivity contribution in [1.29, 1.82) is 0 Å². The van der Waals surface area contributed by atoms with Crippen LogP contribution in [-0.4, -0.2) is 18.9 Å². The van der Waals surface area contributed by atoms with E-state index in [1.54, 1.807) is 7.85 Å². The van der Waals surface area contributed by atoms with E-state index < -0.39 is 11.8 Å². The lowest BCUT2D eigenvalue weighted by Crippen LogP contribution is -2.15. The number of aromatic carboxylic acids is 1. The molecule has 0 heterocycles. The second kappa shape index (κ2) is 2.74. The molecule has 0 amide bonds. The molecule has 0 fully saturated rings. The minimum Gasteiger partial charge on any atom is -0.478 e. The third kappa shape index (κ3) is 1.58. The first-order chi connectivity index (χ1) is 5.11. The Morgan fingerprint density at radius 3 is 2.64 bits per heavy atom. The Hall–Kier alpha value is -1.32. The van der Waals surface area contributed by atoms with Gasteiger partial charge in [-0.15, -0.1) is 0 Å². The molecule has 0 bridgehead atoms. The quantitative estimate of drug-likeness (QED) is 0.565. The van der Waals surface area contributed by atoms with Crippen molar-refractivity contribution >= 4 is 19.3 Å². The summed E-state index contributed by atoms with van der Waals surface area (Å²) in [6.07, 6.45) is 0. The summed E-state index contributed by atoms with van der Waals surface area (Å²) in [5.74, 6) is -1.62. The monoisotopic (exact) mass is 152 g/mol. The zero-order valence-corrected chi connectivity index (χ0v) is 5.97. The summed E-state index contributed by atoms with van der Waals surface area (Å²) in [6, 6.07) is 3.69. The summed E-state index contributed by atoms with van der Waals surface area (Å²) in [5.41, 5.74) is 0.587. The van der Waals surface area contributed by atoms with E-state index in [2.05, 4.69) is 0 Å². The lowest BCUT2D eigenvalue weighted by molar-refractivity contribution is 0.0698. The van der Waals surface area contributed by atoms with Gasteiger partial charge in [0.2, 0.25) is 0 Å². The Balaban J connectivity index is 3.23. The minimum atomic E-state index is -1.10. The Morgan fingerprint density at radius 1 is 1.55 bits per heavy atom. The van der Waals surface area contributed by atoms with Crippen molar-refractivity contribution in [3.8, 4) is 0 Å². The molecule has 56 valence electrons. The van der Waals surface area contributed by atoms with E-state index in [4.69, 9.17) is 5.11 Å². The number of rotatable bonds is 1. The number of benzene rings is 1. The summed E-state index contributed by atoms with van der Waals surface area (Å²) in [6.45, 7) is 0. The van der Waals surface area contributed by atoms with E-state index in [-0.39, 0.29) is 5.56 Å². The van der Waals surface area contributed by atoms with Gasteiger partial charge in [0.25, 0.3) is 0 Å². The zero-order valence-electron chi connectivity index (χ0n) is 5.97. The van der Waals surface area contributed by atoms with Crippen LogP contribution in [0.15, 0.2) is 18.2 Å². The number of carbonyl (C=O) groups is 1. The second-order valence-electron chi connectivity index (χ2n) is 2.26. The van der Waals surface area contributed by atoms with Crippen LogP contribution in [0.1, 0.15) is 10.4 Å². The molecule has 1 N–H and O–H groups in total. The third-order valence-electron chi connectivity index (χ3n) is 1.43. The molecule has 11 heavy (non-hydrogen) atoms. The van der Waals surface area contributed by atoms with Crippen LogP contribution in [-0.2, 0) is 0 Å². The highest BCUT2D eigenvalue weighted by atomic mass is 19.1. The van der Waals surface area contributed by atoms with Gasteiger partial charge in [-0.25, -0.2) is 9.18 Å². The molecule has 0 spiro atoms. The molecule has 2 nitrogen and oxygen atoms in total. The molecule has 0 aromatic heterocycles. The van der Waals surface area contributed by atoms with Crippen LogP contribution < -0.4 is 5.46 Å². The summed E-state index contributed by atoms with van der Waals surface area (Å²) in [4.78, 5) is 10.4. The van der Waals surface area contributed by atoms with Gasteiger partial charge in [0.1, 0.15) is 13.7 Å². The van der Waals surface area contributed by atoms with Gasteiger partial charge in [-0.1, -0.05) is 11.5 Å². The highest BCUT2D eigenvalue weighted by Crippen LogP contribution is 1.99. The van der Waals surface area contributed by atoms with Gasteiger partial charge in [-0.2, -0.15) is 0 Å². The maximum absolute atomic E-state index is 12.4. The molecule has 0 saturated heterocycles. The fourth-order valence-electron chi connectivity index (χ4n) is 0.825. The van der Waals surface area contributed by atoms with E-state index in [0.717, 1.165) is 6.07 Å². The molecule has 1 rings (SSSR count). The first kappa shape index (κ1) is 7.79. The van der Waals surface area contributed by atoms with Gasteiger partial charge in [0, 0.05) is 0 Å². The van der Waals surface area contributed by atoms with Crippen LogP contribution in [0.2, 0.25) is 0 Å². The maximum Gasteiger partial charge on any atom is 0.335 e. The summed E-state index contributed by atoms with van der Waals surface area (Å²) >= 11 is 0. The predicted octanol–water partition coefficient (Wildman–Crippen LogP) is -0.218. The van der Waals surface area contributed by atoms with Crippen molar-refractivity contribution in [2.45, 2.75) is 0 Å². The highest BCUT2D eigenvalue weighted by molar-refractivity contribution is 6.36. The Labute approximate surface area is 64.1 Å². The molecule has 0 aliphatic heterocycles. The Kier molecular flexibility index (Phi) is 1.94. The molecule has 0 unspecified atom stereocenters. The van der Waals surface area contributed by atoms with Crippen LogP contribution in [0.25, 0.3) is 0 Å². The Bertz CT molecular complexity index is 298. The van der Waals surface area contributed by atoms with E-state index in [9.17, 15) is 9.18 Å². The first-order valence-electron chi connectivity index (χ1n) is 3.10. The largest absolute Gasteiger partial charge is 0.478 e. The van der Waals surface area contributed by atoms with Crippen molar-refractivity contribution < 1.29 is 14.3 Å². The number of hydrogen-bond acceptors (Lipinski definition) is 1. The molecule has 1 aromatic rings. The van der Waals surface area contributed by atoms with Crippen molar-refractivity contribution in [3.63, 3.8) is 0 Å². The summed E-state index contributed by atoms with van der Waals surface area (Å²) in [5, 5.41) is 8.52. The van der Waals surface area contributed by atoms with Gasteiger partial charge in [-0.05, 0) is 12.1 Å². The lowest BCUT2D eigenvalue weighted by Gasteiger charge is -1.98. The van der Waals surface area contributed by atoms with Gasteiger partial charge < -0.3 is 5.11 Å². The third-order valence-corrected chi connectivity index (χ3v) is 1.43. The minimum absolute atomic E-state index is 0.0185. The van der Waals surface area contributed by atoms with Crippen molar-refractivity contribution in [1.82, 2.24) is 0 Å². The van der Waals surface area contributed by atoms with Gasteiger partial charge in [0.15, 0.2) is 0 Å². The molecule has 0 aliphatic carbocycles. The summed E-state index contributed by atoms with van der Waals surface area (Å²) in [7, 11) is 1.63. The van der Waals surface area contributed by atoms with Crippen LogP contribution in [0.3, 0.4) is 0 Å². The van der Waals surface area contributed by atoms with Gasteiger partial charge >= 0.3 is 5.97 Å². The van der Waals surface area contributed by atoms with E-state index in [1.807, 2.05) is 0 Å². The predicted molar refractivity (Wildman–Crippen MR) is 41.5 cm³/mol. The standard InChI is InChI=1S/C7H6BFO2/c8-6-2-1-4(9)3-5(6)7(10)11/h1-3H,8H2,(H,10,11). The summed E-state index contributed by atoms with van der Waals surface area (Å²) < 4.78 is 12.4. The fourth-order valence-corrected chi connectivity index (χ4v) is 0.825. The van der Waals surface area contributed by atoms with E-state index in [1.165, 1.54) is 12.1 Å². The zero-order chi connectivity index (χ0) is 8.43. The molecule has 4 heteroatoms. The van der Waals surface area contributed by atoms with Gasteiger partial charge in [-0.3, -0.25) is 0 Å². The average molecular weight is 152 g/mol. The highest BCUT2D eigenvalue weighted by Gasteiger charge is 2.06. The normalized spacial score (nSPS) is 9.55. The molecule has 0 saturated carbocycles. The van der Waals surface area contributed by atoms with Crippen molar-refractivity contribution in [2.24, 2.45) is 0 Å². The molecule has 0 radical (unpaired) electrons. The van der Waals surface area contributed by atoms with E-state index >= 15 is 0 Å². The maximum atomic E-state index is 12.4. The number of carboxylic acid groups (broad SMARTS) is 1. The van der Waals surface area contributed by atoms with Crippen molar-refractivity contribution in [2.75, 3.05) is 0 Å². The molecule has 0 aliphatic rings.